The van der Waals surface area contributed by atoms with Crippen molar-refractivity contribution >= 4 is 0 Å². The molecule has 2 N–H and O–H groups in total. The molecule has 2 unspecified atom stereocenters. The van der Waals surface area contributed by atoms with Crippen LogP contribution in [0.3, 0.4) is 0 Å². The third-order valence-electron chi connectivity index (χ3n) is 5.64. The van der Waals surface area contributed by atoms with Crippen LogP contribution in [0.2, 0.25) is 0 Å². The third-order valence-corrected chi connectivity index (χ3v) is 5.64. The zero-order valence-electron chi connectivity index (χ0n) is 18.9. The van der Waals surface area contributed by atoms with E-state index in [9.17, 15) is 10.2 Å². The van der Waals surface area contributed by atoms with Crippen LogP contribution in [0.5, 0.6) is 0 Å². The van der Waals surface area contributed by atoms with Gasteiger partial charge in [-0.05, 0) is 25.7 Å². The molecule has 3 nitrogen and oxygen atoms in total. The van der Waals surface area contributed by atoms with E-state index in [2.05, 4.69) is 27.8 Å². The Morgan fingerprint density at radius 3 is 1.37 bits per heavy atom. The number of rotatable bonds is 19. The van der Waals surface area contributed by atoms with Crippen LogP contribution in [0, 0.1) is 0 Å². The van der Waals surface area contributed by atoms with Crippen LogP contribution in [-0.4, -0.2) is 53.6 Å². The first-order valence-corrected chi connectivity index (χ1v) is 11.7. The number of hydrogen-bond donors (Lipinski definition) is 2. The summed E-state index contributed by atoms with van der Waals surface area (Å²) in [4.78, 5) is 0. The van der Waals surface area contributed by atoms with Crippen molar-refractivity contribution in [3.63, 3.8) is 0 Å². The van der Waals surface area contributed by atoms with Crippen LogP contribution in [0.4, 0.5) is 0 Å². The molecule has 0 rings (SSSR count). The molecule has 0 aromatic heterocycles. The molecule has 0 aromatic carbocycles. The summed E-state index contributed by atoms with van der Waals surface area (Å²) in [6.07, 6.45) is 16.5. The second kappa shape index (κ2) is 19.5. The predicted octanol–water partition coefficient (Wildman–Crippen LogP) is 2.68. The van der Waals surface area contributed by atoms with Crippen molar-refractivity contribution in [2.75, 3.05) is 26.7 Å². The second-order valence-electron chi connectivity index (χ2n) is 8.78. The van der Waals surface area contributed by atoms with Crippen molar-refractivity contribution < 1.29 is 27.1 Å². The van der Waals surface area contributed by atoms with Crippen LogP contribution < -0.4 is 12.4 Å². The molecule has 0 aliphatic rings. The van der Waals surface area contributed by atoms with Crippen LogP contribution >= 0.6 is 0 Å². The lowest BCUT2D eigenvalue weighted by atomic mass is 10.1. The SMILES string of the molecule is CCCCCCCCCC[N+](C)(CC(O)CCCC)CC(O)CCCC.[Cl-]. The van der Waals surface area contributed by atoms with Gasteiger partial charge in [-0.25, -0.2) is 0 Å². The van der Waals surface area contributed by atoms with Gasteiger partial charge in [0.1, 0.15) is 25.3 Å². The van der Waals surface area contributed by atoms with E-state index in [0.717, 1.165) is 62.6 Å². The highest BCUT2D eigenvalue weighted by Crippen LogP contribution is 2.16. The van der Waals surface area contributed by atoms with Gasteiger partial charge in [0.25, 0.3) is 0 Å². The van der Waals surface area contributed by atoms with E-state index in [1.807, 2.05) is 0 Å². The van der Waals surface area contributed by atoms with Crippen molar-refractivity contribution in [3.8, 4) is 0 Å². The molecule has 0 fully saturated rings. The predicted molar refractivity (Wildman–Crippen MR) is 114 cm³/mol. The van der Waals surface area contributed by atoms with Gasteiger partial charge in [0.2, 0.25) is 0 Å². The van der Waals surface area contributed by atoms with Gasteiger partial charge in [-0.2, -0.15) is 0 Å². The average Bonchev–Trinajstić information content (AvgIpc) is 2.60. The summed E-state index contributed by atoms with van der Waals surface area (Å²) >= 11 is 0. The van der Waals surface area contributed by atoms with Crippen molar-refractivity contribution in [2.24, 2.45) is 0 Å². The lowest BCUT2D eigenvalue weighted by Crippen LogP contribution is -3.00. The molecular formula is C23H50ClNO2. The molecule has 0 spiro atoms. The number of aliphatic hydroxyl groups excluding tert-OH is 2. The minimum absolute atomic E-state index is 0. The molecule has 166 valence electrons. The lowest BCUT2D eigenvalue weighted by molar-refractivity contribution is -0.915. The molecule has 0 bridgehead atoms. The third kappa shape index (κ3) is 18.0. The van der Waals surface area contributed by atoms with Crippen LogP contribution in [-0.2, 0) is 0 Å². The Balaban J connectivity index is 0. The van der Waals surface area contributed by atoms with Crippen molar-refractivity contribution in [1.29, 1.82) is 0 Å². The Bertz CT molecular complexity index is 286. The number of aliphatic hydroxyl groups is 2. The molecule has 0 saturated carbocycles. The monoisotopic (exact) mass is 407 g/mol. The maximum atomic E-state index is 10.4. The zero-order valence-corrected chi connectivity index (χ0v) is 19.7. The number of halogens is 1. The van der Waals surface area contributed by atoms with E-state index in [0.29, 0.717) is 0 Å². The van der Waals surface area contributed by atoms with E-state index in [1.54, 1.807) is 0 Å². The maximum absolute atomic E-state index is 10.4. The number of hydrogen-bond acceptors (Lipinski definition) is 2. The molecule has 0 aliphatic heterocycles. The molecule has 2 atom stereocenters. The first kappa shape index (κ1) is 29.4. The topological polar surface area (TPSA) is 40.5 Å². The molecular weight excluding hydrogens is 358 g/mol. The molecule has 0 aliphatic carbocycles. The Labute approximate surface area is 176 Å². The maximum Gasteiger partial charge on any atom is 0.105 e. The highest BCUT2D eigenvalue weighted by atomic mass is 35.5. The van der Waals surface area contributed by atoms with Crippen molar-refractivity contribution in [2.45, 2.75) is 123 Å². The highest BCUT2D eigenvalue weighted by Gasteiger charge is 2.28. The van der Waals surface area contributed by atoms with E-state index in [-0.39, 0.29) is 24.6 Å². The molecule has 0 radical (unpaired) electrons. The number of unbranched alkanes of at least 4 members (excludes halogenated alkanes) is 9. The molecule has 0 aromatic rings. The molecule has 0 saturated heterocycles. The molecule has 4 heteroatoms. The Hall–Kier alpha value is 0.170. The molecule has 27 heavy (non-hydrogen) atoms. The van der Waals surface area contributed by atoms with Gasteiger partial charge in [0.05, 0.1) is 13.6 Å². The van der Waals surface area contributed by atoms with Gasteiger partial charge in [-0.15, -0.1) is 0 Å². The summed E-state index contributed by atoms with van der Waals surface area (Å²) in [5.74, 6) is 0. The van der Waals surface area contributed by atoms with E-state index >= 15 is 0 Å². The quantitative estimate of drug-likeness (QED) is 0.255. The second-order valence-corrected chi connectivity index (χ2v) is 8.78. The summed E-state index contributed by atoms with van der Waals surface area (Å²) in [5.41, 5.74) is 0. The van der Waals surface area contributed by atoms with Gasteiger partial charge in [0, 0.05) is 0 Å². The molecule has 0 heterocycles. The number of quaternary nitrogens is 1. The summed E-state index contributed by atoms with van der Waals surface area (Å²) < 4.78 is 0.825. The van der Waals surface area contributed by atoms with E-state index in [1.165, 1.54) is 51.4 Å². The van der Waals surface area contributed by atoms with Crippen molar-refractivity contribution in [1.82, 2.24) is 0 Å². The largest absolute Gasteiger partial charge is 1.00 e. The fourth-order valence-electron chi connectivity index (χ4n) is 3.96. The minimum atomic E-state index is -0.229. The standard InChI is InChI=1S/C23H50NO2.ClH/c1-5-8-11-12-13-14-15-16-19-24(4,20-22(25)17-9-6-2)21-23(26)18-10-7-3;/h22-23,25-26H,5-21H2,1-4H3;1H/q+1;/p-1. The molecule has 0 amide bonds. The highest BCUT2D eigenvalue weighted by molar-refractivity contribution is 4.60. The van der Waals surface area contributed by atoms with Crippen LogP contribution in [0.15, 0.2) is 0 Å². The van der Waals surface area contributed by atoms with Crippen LogP contribution in [0.1, 0.15) is 111 Å². The zero-order chi connectivity index (χ0) is 19.7. The fraction of sp³-hybridized carbons (Fsp3) is 1.00. The van der Waals surface area contributed by atoms with E-state index in [4.69, 9.17) is 0 Å². The van der Waals surface area contributed by atoms with Gasteiger partial charge >= 0.3 is 0 Å². The van der Waals surface area contributed by atoms with Gasteiger partial charge in [-0.1, -0.05) is 85.0 Å². The number of nitrogens with zero attached hydrogens (tertiary/aromatic N) is 1. The van der Waals surface area contributed by atoms with E-state index < -0.39 is 0 Å². The Kier molecular flexibility index (Phi) is 21.2. The lowest BCUT2D eigenvalue weighted by Gasteiger charge is -2.38. The Morgan fingerprint density at radius 1 is 0.593 bits per heavy atom. The fourth-order valence-corrected chi connectivity index (χ4v) is 3.96. The van der Waals surface area contributed by atoms with Gasteiger partial charge in [0.15, 0.2) is 0 Å². The first-order valence-electron chi connectivity index (χ1n) is 11.7. The minimum Gasteiger partial charge on any atom is -1.00 e. The Morgan fingerprint density at radius 2 is 0.963 bits per heavy atom. The van der Waals surface area contributed by atoms with Gasteiger partial charge in [-0.3, -0.25) is 0 Å². The number of likely N-dealkylation sites (N-methyl/N-ethyl adjacent to an activating group) is 1. The summed E-state index contributed by atoms with van der Waals surface area (Å²) in [7, 11) is 2.24. The summed E-state index contributed by atoms with van der Waals surface area (Å²) in [5, 5.41) is 20.9. The van der Waals surface area contributed by atoms with Crippen molar-refractivity contribution in [3.05, 3.63) is 0 Å². The first-order chi connectivity index (χ1) is 12.5. The van der Waals surface area contributed by atoms with Crippen LogP contribution in [0.25, 0.3) is 0 Å². The van der Waals surface area contributed by atoms with Gasteiger partial charge < -0.3 is 27.1 Å². The summed E-state index contributed by atoms with van der Waals surface area (Å²) in [6, 6.07) is 0. The average molecular weight is 408 g/mol. The normalized spacial score (nSPS) is 15.8. The summed E-state index contributed by atoms with van der Waals surface area (Å²) in [6.45, 7) is 9.29. The smallest absolute Gasteiger partial charge is 0.105 e.